The molecule has 0 aromatic heterocycles. The lowest BCUT2D eigenvalue weighted by molar-refractivity contribution is -0.124. The van der Waals surface area contributed by atoms with Crippen molar-refractivity contribution in [1.29, 1.82) is 0 Å². The van der Waals surface area contributed by atoms with Crippen molar-refractivity contribution >= 4 is 63.6 Å². The molecule has 1 atom stereocenters. The maximum Gasteiger partial charge on any atom is 0.289 e. The van der Waals surface area contributed by atoms with Gasteiger partial charge in [-0.3, -0.25) is 14.6 Å². The number of rotatable bonds is 4. The number of piperidine rings is 1. The number of nitrogens with zero attached hydrogens (tertiary/aromatic N) is 4. The summed E-state index contributed by atoms with van der Waals surface area (Å²) in [6.45, 7) is 3.25. The number of Topliss-reactive ketones (excluding diaryl/α,β-unsaturated/α-hetero) is 1. The highest BCUT2D eigenvalue weighted by Gasteiger charge is 2.36. The number of amides is 1. The van der Waals surface area contributed by atoms with E-state index in [1.807, 2.05) is 6.92 Å². The zero-order valence-corrected chi connectivity index (χ0v) is 19.2. The molecule has 162 valence electrons. The number of hydrogen-bond donors (Lipinski definition) is 0. The Balaban J connectivity index is 1.68. The minimum Gasteiger partial charge on any atom is -0.298 e. The van der Waals surface area contributed by atoms with Crippen LogP contribution in [0.5, 0.6) is 0 Å². The molecule has 2 heterocycles. The molecule has 0 bridgehead atoms. The normalized spacial score (nSPS) is 19.5. The molecule has 0 radical (unpaired) electrons. The Morgan fingerprint density at radius 2 is 1.81 bits per heavy atom. The minimum atomic E-state index is -0.267. The van der Waals surface area contributed by atoms with Crippen molar-refractivity contribution in [1.82, 2.24) is 5.01 Å². The SMILES string of the molecule is C[C@H]1CN(c2ccc(Cl)cc2Cl)N=C1C(=O)N(c1ccc(Cl)cc1)N1CCCC(=O)C1. The zero-order valence-electron chi connectivity index (χ0n) is 16.9. The molecular weight excluding hydrogens is 459 g/mol. The molecule has 31 heavy (non-hydrogen) atoms. The summed E-state index contributed by atoms with van der Waals surface area (Å²) in [4.78, 5) is 25.8. The molecule has 0 unspecified atom stereocenters. The number of benzene rings is 2. The Morgan fingerprint density at radius 3 is 2.48 bits per heavy atom. The number of carbonyl (C=O) groups is 2. The number of halogens is 3. The van der Waals surface area contributed by atoms with Gasteiger partial charge in [0.1, 0.15) is 11.5 Å². The van der Waals surface area contributed by atoms with Crippen molar-refractivity contribution in [2.24, 2.45) is 11.0 Å². The summed E-state index contributed by atoms with van der Waals surface area (Å²) in [6.07, 6.45) is 1.23. The van der Waals surface area contributed by atoms with Gasteiger partial charge in [-0.2, -0.15) is 5.10 Å². The van der Waals surface area contributed by atoms with E-state index in [-0.39, 0.29) is 24.2 Å². The fourth-order valence-corrected chi connectivity index (χ4v) is 4.43. The van der Waals surface area contributed by atoms with Crippen LogP contribution >= 0.6 is 34.8 Å². The van der Waals surface area contributed by atoms with Crippen molar-refractivity contribution < 1.29 is 9.59 Å². The van der Waals surface area contributed by atoms with Crippen LogP contribution in [-0.4, -0.2) is 42.0 Å². The molecule has 2 aromatic carbocycles. The van der Waals surface area contributed by atoms with E-state index >= 15 is 0 Å². The monoisotopic (exact) mass is 478 g/mol. The van der Waals surface area contributed by atoms with Crippen molar-refractivity contribution in [2.75, 3.05) is 29.7 Å². The Morgan fingerprint density at radius 1 is 1.10 bits per heavy atom. The maximum atomic E-state index is 13.7. The zero-order chi connectivity index (χ0) is 22.1. The van der Waals surface area contributed by atoms with Gasteiger partial charge in [-0.25, -0.2) is 10.0 Å². The van der Waals surface area contributed by atoms with Gasteiger partial charge in [0.15, 0.2) is 0 Å². The summed E-state index contributed by atoms with van der Waals surface area (Å²) in [5.74, 6) is -0.291. The molecule has 2 aliphatic rings. The molecule has 0 spiro atoms. The van der Waals surface area contributed by atoms with Crippen LogP contribution in [0.15, 0.2) is 47.6 Å². The van der Waals surface area contributed by atoms with Gasteiger partial charge >= 0.3 is 0 Å². The lowest BCUT2D eigenvalue weighted by Crippen LogP contribution is -2.54. The number of carbonyl (C=O) groups excluding carboxylic acids is 2. The Labute approximate surface area is 195 Å². The fraction of sp³-hybridized carbons (Fsp3) is 0.318. The molecule has 1 amide bonds. The lowest BCUT2D eigenvalue weighted by atomic mass is 10.1. The number of anilines is 2. The molecule has 0 aliphatic carbocycles. The molecule has 2 aliphatic heterocycles. The first-order chi connectivity index (χ1) is 14.8. The predicted molar refractivity (Wildman–Crippen MR) is 125 cm³/mol. The number of hydrazone groups is 1. The smallest absolute Gasteiger partial charge is 0.289 e. The summed E-state index contributed by atoms with van der Waals surface area (Å²) < 4.78 is 0. The number of hydrogen-bond acceptors (Lipinski definition) is 5. The van der Waals surface area contributed by atoms with Gasteiger partial charge in [0.25, 0.3) is 5.91 Å². The topological polar surface area (TPSA) is 56.2 Å². The molecule has 2 aromatic rings. The quantitative estimate of drug-likeness (QED) is 0.614. The van der Waals surface area contributed by atoms with Crippen LogP contribution in [0.4, 0.5) is 11.4 Å². The van der Waals surface area contributed by atoms with E-state index in [0.29, 0.717) is 58.1 Å². The first-order valence-electron chi connectivity index (χ1n) is 10.0. The molecule has 9 heteroatoms. The van der Waals surface area contributed by atoms with Crippen LogP contribution in [0.25, 0.3) is 0 Å². The van der Waals surface area contributed by atoms with Gasteiger partial charge in [0.2, 0.25) is 0 Å². The Bertz CT molecular complexity index is 1040. The van der Waals surface area contributed by atoms with E-state index in [1.165, 1.54) is 0 Å². The van der Waals surface area contributed by atoms with Gasteiger partial charge in [-0.15, -0.1) is 0 Å². The fourth-order valence-electron chi connectivity index (χ4n) is 3.80. The minimum absolute atomic E-state index is 0.106. The van der Waals surface area contributed by atoms with Crippen LogP contribution < -0.4 is 10.0 Å². The van der Waals surface area contributed by atoms with E-state index in [2.05, 4.69) is 5.10 Å². The summed E-state index contributed by atoms with van der Waals surface area (Å²) in [5, 5.41) is 11.2. The van der Waals surface area contributed by atoms with Crippen LogP contribution in [0.1, 0.15) is 19.8 Å². The second kappa shape index (κ2) is 9.17. The third kappa shape index (κ3) is 4.72. The highest BCUT2D eigenvalue weighted by molar-refractivity contribution is 6.45. The first kappa shape index (κ1) is 22.1. The second-order valence-electron chi connectivity index (χ2n) is 7.69. The first-order valence-corrected chi connectivity index (χ1v) is 11.1. The highest BCUT2D eigenvalue weighted by atomic mass is 35.5. The average Bonchev–Trinajstić information content (AvgIpc) is 3.11. The maximum absolute atomic E-state index is 13.7. The summed E-state index contributed by atoms with van der Waals surface area (Å²) >= 11 is 18.4. The van der Waals surface area contributed by atoms with E-state index in [1.54, 1.807) is 57.5 Å². The van der Waals surface area contributed by atoms with Gasteiger partial charge in [0, 0.05) is 28.9 Å². The van der Waals surface area contributed by atoms with Crippen molar-refractivity contribution in [2.45, 2.75) is 19.8 Å². The second-order valence-corrected chi connectivity index (χ2v) is 8.97. The lowest BCUT2D eigenvalue weighted by Gasteiger charge is -2.36. The summed E-state index contributed by atoms with van der Waals surface area (Å²) in [7, 11) is 0. The summed E-state index contributed by atoms with van der Waals surface area (Å²) in [6, 6.07) is 12.2. The van der Waals surface area contributed by atoms with Crippen LogP contribution in [0.3, 0.4) is 0 Å². The predicted octanol–water partition coefficient (Wildman–Crippen LogP) is 5.07. The van der Waals surface area contributed by atoms with Crippen molar-refractivity contribution in [3.05, 3.63) is 57.5 Å². The van der Waals surface area contributed by atoms with E-state index in [0.717, 1.165) is 0 Å². The Hall–Kier alpha value is -2.12. The van der Waals surface area contributed by atoms with Gasteiger partial charge in [-0.1, -0.05) is 41.7 Å². The van der Waals surface area contributed by atoms with Gasteiger partial charge in [-0.05, 0) is 48.9 Å². The molecular formula is C22H21Cl3N4O2. The molecule has 6 nitrogen and oxygen atoms in total. The van der Waals surface area contributed by atoms with Crippen LogP contribution in [-0.2, 0) is 9.59 Å². The van der Waals surface area contributed by atoms with E-state index in [9.17, 15) is 9.59 Å². The van der Waals surface area contributed by atoms with Gasteiger partial charge in [0.05, 0.1) is 29.5 Å². The highest BCUT2D eigenvalue weighted by Crippen LogP contribution is 2.33. The van der Waals surface area contributed by atoms with Crippen LogP contribution in [0.2, 0.25) is 15.1 Å². The molecule has 0 saturated carbocycles. The van der Waals surface area contributed by atoms with Crippen LogP contribution in [0, 0.1) is 5.92 Å². The standard InChI is InChI=1S/C22H21Cl3N4O2/c1-14-12-28(20-9-6-16(24)11-19(20)25)26-21(14)22(31)29(17-7-4-15(23)5-8-17)27-10-2-3-18(30)13-27/h4-9,11,14H,2-3,10,12-13H2,1H3/t14-/m0/s1. The average molecular weight is 480 g/mol. The van der Waals surface area contributed by atoms with Crippen molar-refractivity contribution in [3.8, 4) is 0 Å². The Kier molecular flexibility index (Phi) is 6.53. The number of ketones is 1. The van der Waals surface area contributed by atoms with Crippen molar-refractivity contribution in [3.63, 3.8) is 0 Å². The molecule has 0 N–H and O–H groups in total. The molecule has 4 rings (SSSR count). The third-order valence-corrected chi connectivity index (χ3v) is 6.12. The summed E-state index contributed by atoms with van der Waals surface area (Å²) in [5.41, 5.74) is 1.73. The molecule has 1 saturated heterocycles. The van der Waals surface area contributed by atoms with E-state index in [4.69, 9.17) is 34.8 Å². The van der Waals surface area contributed by atoms with E-state index < -0.39 is 0 Å². The largest absolute Gasteiger partial charge is 0.298 e. The van der Waals surface area contributed by atoms with Gasteiger partial charge < -0.3 is 0 Å². The third-order valence-electron chi connectivity index (χ3n) is 5.33. The number of hydrazine groups is 1. The molecule has 1 fully saturated rings.